The van der Waals surface area contributed by atoms with Gasteiger partial charge in [-0.15, -0.1) is 0 Å². The van der Waals surface area contributed by atoms with Gasteiger partial charge in [0.05, 0.1) is 37.6 Å². The van der Waals surface area contributed by atoms with E-state index in [2.05, 4.69) is 11.4 Å². The first-order valence-electron chi connectivity index (χ1n) is 22.1. The lowest BCUT2D eigenvalue weighted by Crippen LogP contribution is -2.68. The number of hydrogen-bond acceptors (Lipinski definition) is 12. The molecule has 13 nitrogen and oxygen atoms in total. The number of amides is 1. The minimum atomic E-state index is -1.28. The van der Waals surface area contributed by atoms with Gasteiger partial charge in [-0.3, -0.25) is 4.79 Å². The minimum Gasteiger partial charge on any atom is -0.459 e. The highest BCUT2D eigenvalue weighted by atomic mass is 16.8. The van der Waals surface area contributed by atoms with Crippen molar-refractivity contribution in [1.29, 1.82) is 0 Å². The molecular weight excluding hydrogens is 843 g/mol. The summed E-state index contributed by atoms with van der Waals surface area (Å²) in [5.41, 5.74) is 3.31. The van der Waals surface area contributed by atoms with E-state index in [0.29, 0.717) is 11.1 Å². The maximum absolute atomic E-state index is 13.7. The predicted octanol–water partition coefficient (Wildman–Crippen LogP) is 7.35. The zero-order chi connectivity index (χ0) is 45.2. The molecule has 3 saturated heterocycles. The monoisotopic (exact) mass is 893 g/mol. The predicted molar refractivity (Wildman–Crippen MR) is 241 cm³/mol. The van der Waals surface area contributed by atoms with E-state index >= 15 is 0 Å². The van der Waals surface area contributed by atoms with Gasteiger partial charge in [-0.2, -0.15) is 0 Å². The number of esters is 2. The third kappa shape index (κ3) is 10.9. The van der Waals surface area contributed by atoms with Crippen LogP contribution in [0.4, 0.5) is 0 Å². The van der Waals surface area contributed by atoms with Crippen molar-refractivity contribution in [2.45, 2.75) is 88.1 Å². The first-order chi connectivity index (χ1) is 32.4. The highest BCUT2D eigenvalue weighted by molar-refractivity contribution is 5.90. The summed E-state index contributed by atoms with van der Waals surface area (Å²) in [6.45, 7) is 1.61. The van der Waals surface area contributed by atoms with Crippen molar-refractivity contribution in [2.75, 3.05) is 13.2 Å². The molecule has 3 aliphatic rings. The minimum absolute atomic E-state index is 0.0843. The van der Waals surface area contributed by atoms with Crippen LogP contribution in [0.5, 0.6) is 0 Å². The molecule has 1 amide bonds. The largest absolute Gasteiger partial charge is 0.459 e. The Morgan fingerprint density at radius 3 is 1.77 bits per heavy atom. The summed E-state index contributed by atoms with van der Waals surface area (Å²) >= 11 is 0. The molecule has 6 aromatic rings. The lowest BCUT2D eigenvalue weighted by Gasteiger charge is -2.48. The molecule has 6 aromatic carbocycles. The van der Waals surface area contributed by atoms with Crippen molar-refractivity contribution in [2.24, 2.45) is 0 Å². The second-order valence-electron chi connectivity index (χ2n) is 16.4. The Morgan fingerprint density at radius 1 is 0.561 bits per heavy atom. The van der Waals surface area contributed by atoms with Crippen molar-refractivity contribution in [3.8, 4) is 0 Å². The van der Waals surface area contributed by atoms with Gasteiger partial charge in [-0.1, -0.05) is 133 Å². The summed E-state index contributed by atoms with van der Waals surface area (Å²) in [7, 11) is 0. The van der Waals surface area contributed by atoms with Gasteiger partial charge in [0.1, 0.15) is 49.3 Å². The van der Waals surface area contributed by atoms with E-state index in [1.807, 2.05) is 109 Å². The molecule has 0 saturated carbocycles. The van der Waals surface area contributed by atoms with Crippen molar-refractivity contribution < 1.29 is 57.0 Å². The SMILES string of the molecule is CC(=O)N[C@H]1[C@@H](O[C@H]2[C@H](OCc3ccccc3)[C@@H](OC(=O)c3ccccc3)[C@H]3OC[C@@H]2O3)O[C@H](COC(=O)c2ccccc2)[C@@H](OCc2ccc3ccccc3c2)[C@@H]1OCc1ccccc1. The highest BCUT2D eigenvalue weighted by Gasteiger charge is 2.57. The molecule has 340 valence electrons. The van der Waals surface area contributed by atoms with Crippen molar-refractivity contribution in [1.82, 2.24) is 5.32 Å². The summed E-state index contributed by atoms with van der Waals surface area (Å²) in [5.74, 6) is -1.55. The quantitative estimate of drug-likeness (QED) is 0.0914. The Hall–Kier alpha value is -6.29. The molecule has 0 spiro atoms. The van der Waals surface area contributed by atoms with Crippen molar-refractivity contribution >= 4 is 28.6 Å². The van der Waals surface area contributed by atoms with Crippen LogP contribution in [-0.2, 0) is 67.2 Å². The van der Waals surface area contributed by atoms with Crippen molar-refractivity contribution in [3.05, 3.63) is 192 Å². The molecular formula is C53H51NO12. The molecule has 9 rings (SSSR count). The maximum Gasteiger partial charge on any atom is 0.338 e. The Labute approximate surface area is 382 Å². The molecule has 10 atom stereocenters. The number of carbonyl (C=O) groups is 3. The van der Waals surface area contributed by atoms with Gasteiger partial charge < -0.3 is 47.9 Å². The number of carbonyl (C=O) groups excluding carboxylic acids is 3. The molecule has 2 bridgehead atoms. The average molecular weight is 894 g/mol. The fourth-order valence-electron chi connectivity index (χ4n) is 8.55. The van der Waals surface area contributed by atoms with E-state index in [9.17, 15) is 14.4 Å². The molecule has 3 aliphatic heterocycles. The van der Waals surface area contributed by atoms with Crippen LogP contribution in [0.15, 0.2) is 164 Å². The second kappa shape index (κ2) is 21.3. The molecule has 1 N–H and O–H groups in total. The topological polar surface area (TPSA) is 146 Å². The summed E-state index contributed by atoms with van der Waals surface area (Å²) in [4.78, 5) is 40.5. The van der Waals surface area contributed by atoms with Gasteiger partial charge in [-0.25, -0.2) is 9.59 Å². The Kier molecular flexibility index (Phi) is 14.5. The summed E-state index contributed by atoms with van der Waals surface area (Å²) in [6.07, 6.45) is -8.83. The van der Waals surface area contributed by atoms with E-state index in [0.717, 1.165) is 27.5 Å². The van der Waals surface area contributed by atoms with Crippen LogP contribution in [0.25, 0.3) is 10.8 Å². The molecule has 13 heteroatoms. The van der Waals surface area contributed by atoms with Crippen LogP contribution in [0, 0.1) is 0 Å². The number of rotatable bonds is 17. The van der Waals surface area contributed by atoms with E-state index in [1.165, 1.54) is 6.92 Å². The Balaban J connectivity index is 1.07. The van der Waals surface area contributed by atoms with E-state index in [-0.39, 0.29) is 38.9 Å². The molecule has 3 fully saturated rings. The van der Waals surface area contributed by atoms with Crippen LogP contribution in [-0.4, -0.2) is 92.4 Å². The van der Waals surface area contributed by atoms with Gasteiger partial charge in [-0.05, 0) is 57.8 Å². The van der Waals surface area contributed by atoms with E-state index in [1.54, 1.807) is 48.5 Å². The fourth-order valence-corrected chi connectivity index (χ4v) is 8.55. The van der Waals surface area contributed by atoms with Crippen LogP contribution >= 0.6 is 0 Å². The number of ether oxygens (including phenoxy) is 9. The third-order valence-corrected chi connectivity index (χ3v) is 11.8. The average Bonchev–Trinajstić information content (AvgIpc) is 3.80. The maximum atomic E-state index is 13.7. The Morgan fingerprint density at radius 2 is 1.12 bits per heavy atom. The molecule has 0 unspecified atom stereocenters. The smallest absolute Gasteiger partial charge is 0.338 e. The van der Waals surface area contributed by atoms with Gasteiger partial charge in [0.2, 0.25) is 5.91 Å². The molecule has 3 heterocycles. The van der Waals surface area contributed by atoms with Crippen LogP contribution < -0.4 is 5.32 Å². The van der Waals surface area contributed by atoms with Gasteiger partial charge in [0, 0.05) is 6.92 Å². The number of hydrogen-bond donors (Lipinski definition) is 1. The molecule has 0 radical (unpaired) electrons. The first-order valence-corrected chi connectivity index (χ1v) is 22.1. The Bertz CT molecular complexity index is 2530. The first kappa shape index (κ1) is 44.9. The van der Waals surface area contributed by atoms with Crippen molar-refractivity contribution in [3.63, 3.8) is 0 Å². The standard InChI is InChI=1S/C53H51NO12/c1-34(55)54-44-47(59-29-35-16-6-2-7-17-35)45(58-31-37-26-27-38-20-14-15-25-41(38)28-37)42(32-61-50(56)39-21-10-4-11-22-39)63-52(44)66-46-43-33-62-53(64-43)49(65-51(57)40-23-12-5-13-24-40)48(46)60-30-36-18-8-3-9-19-36/h2-28,42-49,52-53H,29-33H2,1H3,(H,54,55)/t42-,43+,44-,45-,46-,47-,48+,49-,52-,53+/m1/s1. The number of fused-ring (bicyclic) bond motifs is 3. The van der Waals surface area contributed by atoms with Gasteiger partial charge in [0.15, 0.2) is 18.7 Å². The van der Waals surface area contributed by atoms with Crippen LogP contribution in [0.1, 0.15) is 44.3 Å². The summed E-state index contributed by atoms with van der Waals surface area (Å²) < 4.78 is 58.8. The van der Waals surface area contributed by atoms with E-state index in [4.69, 9.17) is 42.6 Å². The summed E-state index contributed by atoms with van der Waals surface area (Å²) in [5, 5.41) is 5.17. The highest BCUT2D eigenvalue weighted by Crippen LogP contribution is 2.38. The third-order valence-electron chi connectivity index (χ3n) is 11.8. The molecule has 66 heavy (non-hydrogen) atoms. The fraction of sp³-hybridized carbons (Fsp3) is 0.302. The number of benzene rings is 6. The number of nitrogens with one attached hydrogen (secondary N) is 1. The van der Waals surface area contributed by atoms with Gasteiger partial charge >= 0.3 is 11.9 Å². The van der Waals surface area contributed by atoms with Crippen LogP contribution in [0.3, 0.4) is 0 Å². The lowest BCUT2D eigenvalue weighted by atomic mass is 9.94. The lowest BCUT2D eigenvalue weighted by molar-refractivity contribution is -0.329. The molecule has 0 aromatic heterocycles. The summed E-state index contributed by atoms with van der Waals surface area (Å²) in [6, 6.07) is 49.6. The normalized spacial score (nSPS) is 25.8. The van der Waals surface area contributed by atoms with E-state index < -0.39 is 73.3 Å². The molecule has 0 aliphatic carbocycles. The zero-order valence-corrected chi connectivity index (χ0v) is 36.3. The van der Waals surface area contributed by atoms with Crippen LogP contribution in [0.2, 0.25) is 0 Å². The zero-order valence-electron chi connectivity index (χ0n) is 36.3. The van der Waals surface area contributed by atoms with Gasteiger partial charge in [0.25, 0.3) is 0 Å². The second-order valence-corrected chi connectivity index (χ2v) is 16.4.